The van der Waals surface area contributed by atoms with Gasteiger partial charge in [0.05, 0.1) is 23.4 Å². The number of allylic oxidation sites excluding steroid dienone is 3. The van der Waals surface area contributed by atoms with Gasteiger partial charge in [0.25, 0.3) is 0 Å². The quantitative estimate of drug-likeness (QED) is 0.768. The van der Waals surface area contributed by atoms with Crippen LogP contribution in [0.2, 0.25) is 0 Å². The number of aromatic nitrogens is 3. The molecule has 0 bridgehead atoms. The summed E-state index contributed by atoms with van der Waals surface area (Å²) in [7, 11) is -3.01. The van der Waals surface area contributed by atoms with Crippen molar-refractivity contribution >= 4 is 21.3 Å². The molecule has 150 valence electrons. The van der Waals surface area contributed by atoms with Gasteiger partial charge in [0, 0.05) is 19.0 Å². The second-order valence-corrected chi connectivity index (χ2v) is 8.95. The predicted molar refractivity (Wildman–Crippen MR) is 95.6 cm³/mol. The Morgan fingerprint density at radius 2 is 1.93 bits per heavy atom. The largest absolute Gasteiger partial charge is 0.573 e. The molecule has 3 heterocycles. The van der Waals surface area contributed by atoms with Gasteiger partial charge in [-0.05, 0) is 30.7 Å². The molecule has 28 heavy (non-hydrogen) atoms. The Morgan fingerprint density at radius 3 is 2.64 bits per heavy atom. The molecule has 0 spiro atoms. The summed E-state index contributed by atoms with van der Waals surface area (Å²) in [6, 6.07) is 3.52. The highest BCUT2D eigenvalue weighted by atomic mass is 32.2. The average molecular weight is 414 g/mol. The van der Waals surface area contributed by atoms with Gasteiger partial charge < -0.3 is 9.64 Å². The number of fused-ring (bicyclic) bond motifs is 1. The molecule has 2 aromatic heterocycles. The van der Waals surface area contributed by atoms with Crippen LogP contribution in [0.4, 0.5) is 19.0 Å². The van der Waals surface area contributed by atoms with Crippen LogP contribution in [0.5, 0.6) is 0 Å². The van der Waals surface area contributed by atoms with Crippen molar-refractivity contribution < 1.29 is 26.3 Å². The molecule has 2 aliphatic rings. The monoisotopic (exact) mass is 414 g/mol. The fourth-order valence-corrected chi connectivity index (χ4v) is 4.51. The van der Waals surface area contributed by atoms with E-state index in [0.717, 1.165) is 0 Å². The van der Waals surface area contributed by atoms with E-state index in [0.29, 0.717) is 36.7 Å². The van der Waals surface area contributed by atoms with Crippen LogP contribution in [0.1, 0.15) is 18.0 Å². The zero-order valence-corrected chi connectivity index (χ0v) is 15.4. The molecule has 7 nitrogen and oxygen atoms in total. The molecule has 0 saturated carbocycles. The van der Waals surface area contributed by atoms with E-state index in [9.17, 15) is 21.6 Å². The highest BCUT2D eigenvalue weighted by Gasteiger charge is 2.32. The number of hydrogen-bond donors (Lipinski definition) is 0. The fourth-order valence-electron chi connectivity index (χ4n) is 3.30. The summed E-state index contributed by atoms with van der Waals surface area (Å²) < 4.78 is 66.4. The van der Waals surface area contributed by atoms with Gasteiger partial charge in [-0.2, -0.15) is 0 Å². The molecule has 0 radical (unpaired) electrons. The maximum Gasteiger partial charge on any atom is 0.573 e. The second kappa shape index (κ2) is 6.80. The molecule has 0 N–H and O–H groups in total. The molecule has 0 aromatic carbocycles. The van der Waals surface area contributed by atoms with Crippen molar-refractivity contribution in [1.29, 1.82) is 0 Å². The Balaban J connectivity index is 1.63. The molecule has 1 unspecified atom stereocenters. The van der Waals surface area contributed by atoms with Gasteiger partial charge in [-0.15, -0.1) is 18.3 Å². The fraction of sp³-hybridized carbons (Fsp3) is 0.412. The minimum absolute atomic E-state index is 0.0673. The van der Waals surface area contributed by atoms with Crippen molar-refractivity contribution in [2.75, 3.05) is 29.5 Å². The Labute approximate surface area is 159 Å². The van der Waals surface area contributed by atoms with E-state index in [1.807, 2.05) is 4.90 Å². The highest BCUT2D eigenvalue weighted by molar-refractivity contribution is 7.91. The van der Waals surface area contributed by atoms with E-state index in [2.05, 4.69) is 14.8 Å². The van der Waals surface area contributed by atoms with Gasteiger partial charge in [0.1, 0.15) is 11.6 Å². The normalized spacial score (nSPS) is 22.3. The zero-order valence-electron chi connectivity index (χ0n) is 14.6. The van der Waals surface area contributed by atoms with Gasteiger partial charge in [-0.3, -0.25) is 0 Å². The Morgan fingerprint density at radius 1 is 1.18 bits per heavy atom. The summed E-state index contributed by atoms with van der Waals surface area (Å²) in [6.07, 6.45) is 1.63. The van der Waals surface area contributed by atoms with Crippen LogP contribution in [-0.2, 0) is 14.6 Å². The molecule has 1 atom stereocenters. The minimum Gasteiger partial charge on any atom is -0.406 e. The first-order chi connectivity index (χ1) is 13.2. The Hall–Kier alpha value is -2.56. The van der Waals surface area contributed by atoms with Gasteiger partial charge in [0.2, 0.25) is 0 Å². The van der Waals surface area contributed by atoms with Gasteiger partial charge in [-0.25, -0.2) is 17.9 Å². The smallest absolute Gasteiger partial charge is 0.406 e. The maximum atomic E-state index is 12.5. The lowest BCUT2D eigenvalue weighted by atomic mass is 9.97. The number of nitrogens with zero attached hydrogens (tertiary/aromatic N) is 4. The number of rotatable bonds is 3. The summed E-state index contributed by atoms with van der Waals surface area (Å²) in [5, 5.41) is 4.55. The minimum atomic E-state index is -4.75. The number of imidazole rings is 1. The number of halogens is 3. The zero-order chi connectivity index (χ0) is 19.9. The lowest BCUT2D eigenvalue weighted by molar-refractivity contribution is -0.303. The lowest BCUT2D eigenvalue weighted by Crippen LogP contribution is -2.40. The summed E-state index contributed by atoms with van der Waals surface area (Å²) >= 11 is 0. The van der Waals surface area contributed by atoms with Crippen molar-refractivity contribution in [3.8, 4) is 0 Å². The summed E-state index contributed by atoms with van der Waals surface area (Å²) in [6.45, 7) is 0.695. The van der Waals surface area contributed by atoms with Crippen LogP contribution in [0, 0.1) is 0 Å². The molecule has 1 saturated heterocycles. The standard InChI is InChI=1S/C17H17F3N4O3S/c18-17(19,20)27-13-3-1-2-12(10-13)14-11-21-15-4-5-16(22-24(14)15)23-6-8-28(25,26)9-7-23/h1,3-5,10-12H,2,6-9H2. The molecule has 0 amide bonds. The molecule has 1 fully saturated rings. The topological polar surface area (TPSA) is 76.8 Å². The second-order valence-electron chi connectivity index (χ2n) is 6.64. The van der Waals surface area contributed by atoms with Crippen LogP contribution in [0.3, 0.4) is 0 Å². The first-order valence-electron chi connectivity index (χ1n) is 8.64. The number of alkyl halides is 3. The highest BCUT2D eigenvalue weighted by Crippen LogP contribution is 2.31. The Bertz CT molecular complexity index is 1050. The van der Waals surface area contributed by atoms with Gasteiger partial charge >= 0.3 is 6.36 Å². The molecule has 11 heteroatoms. The number of sulfone groups is 1. The van der Waals surface area contributed by atoms with E-state index < -0.39 is 16.2 Å². The van der Waals surface area contributed by atoms with Crippen LogP contribution in [0.15, 0.2) is 42.3 Å². The summed E-state index contributed by atoms with van der Waals surface area (Å²) in [5.74, 6) is 0.0944. The third-order valence-corrected chi connectivity index (χ3v) is 6.30. The van der Waals surface area contributed by atoms with E-state index in [1.54, 1.807) is 28.9 Å². The van der Waals surface area contributed by atoms with Crippen molar-refractivity contribution in [2.45, 2.75) is 18.7 Å². The summed E-state index contributed by atoms with van der Waals surface area (Å²) in [4.78, 5) is 6.15. The molecule has 1 aliphatic heterocycles. The molecule has 4 rings (SSSR count). The first-order valence-corrected chi connectivity index (χ1v) is 10.5. The Kier molecular flexibility index (Phi) is 4.56. The van der Waals surface area contributed by atoms with Crippen molar-refractivity contribution in [3.63, 3.8) is 0 Å². The van der Waals surface area contributed by atoms with E-state index >= 15 is 0 Å². The third kappa shape index (κ3) is 3.98. The van der Waals surface area contributed by atoms with E-state index in [4.69, 9.17) is 0 Å². The predicted octanol–water partition coefficient (Wildman–Crippen LogP) is 2.43. The average Bonchev–Trinajstić information content (AvgIpc) is 3.03. The van der Waals surface area contributed by atoms with Crippen LogP contribution in [0.25, 0.3) is 5.65 Å². The first kappa shape index (κ1) is 18.8. The van der Waals surface area contributed by atoms with Crippen LogP contribution >= 0.6 is 0 Å². The number of hydrogen-bond acceptors (Lipinski definition) is 6. The van der Waals surface area contributed by atoms with Crippen LogP contribution in [-0.4, -0.2) is 54.0 Å². The number of anilines is 1. The van der Waals surface area contributed by atoms with Crippen molar-refractivity contribution in [3.05, 3.63) is 48.0 Å². The molecular formula is C17H17F3N4O3S. The lowest BCUT2D eigenvalue weighted by Gasteiger charge is -2.27. The maximum absolute atomic E-state index is 12.5. The molecule has 1 aliphatic carbocycles. The molecule has 2 aromatic rings. The third-order valence-electron chi connectivity index (χ3n) is 4.69. The SMILES string of the molecule is O=S1(=O)CCN(c2ccc3ncc(C4C=C(OC(F)(F)F)C=CC4)n3n2)CC1. The number of ether oxygens (including phenoxy) is 1. The molecular weight excluding hydrogens is 397 g/mol. The van der Waals surface area contributed by atoms with E-state index in [1.165, 1.54) is 12.2 Å². The van der Waals surface area contributed by atoms with Crippen molar-refractivity contribution in [2.24, 2.45) is 0 Å². The van der Waals surface area contributed by atoms with E-state index in [-0.39, 0.29) is 23.2 Å². The van der Waals surface area contributed by atoms with Gasteiger partial charge in [0.15, 0.2) is 15.5 Å². The van der Waals surface area contributed by atoms with Crippen LogP contribution < -0.4 is 4.90 Å². The van der Waals surface area contributed by atoms with Crippen molar-refractivity contribution in [1.82, 2.24) is 14.6 Å². The summed E-state index contributed by atoms with van der Waals surface area (Å²) in [5.41, 5.74) is 1.19. The van der Waals surface area contributed by atoms with Gasteiger partial charge in [-0.1, -0.05) is 6.08 Å².